The van der Waals surface area contributed by atoms with E-state index in [1.165, 1.54) is 32.3 Å². The van der Waals surface area contributed by atoms with Gasteiger partial charge in [-0.3, -0.25) is 0 Å². The lowest BCUT2D eigenvalue weighted by atomic mass is 9.99. The Bertz CT molecular complexity index is 888. The number of rotatable bonds is 2. The zero-order chi connectivity index (χ0) is 14.1. The van der Waals surface area contributed by atoms with E-state index in [1.807, 2.05) is 11.3 Å². The number of thiophene rings is 1. The molecule has 0 unspecified atom stereocenters. The van der Waals surface area contributed by atoms with Crippen LogP contribution in [0, 0.1) is 0 Å². The molecule has 1 heterocycles. The fourth-order valence-electron chi connectivity index (χ4n) is 2.70. The van der Waals surface area contributed by atoms with Crippen LogP contribution in [0.15, 0.2) is 84.2 Å². The lowest BCUT2D eigenvalue weighted by molar-refractivity contribution is 1.61. The molecule has 4 rings (SSSR count). The van der Waals surface area contributed by atoms with Crippen LogP contribution in [0.25, 0.3) is 32.3 Å². The Morgan fingerprint density at radius 1 is 0.571 bits per heavy atom. The summed E-state index contributed by atoms with van der Waals surface area (Å²) in [4.78, 5) is 0. The fourth-order valence-corrected chi connectivity index (χ4v) is 3.67. The molecule has 0 aliphatic carbocycles. The summed E-state index contributed by atoms with van der Waals surface area (Å²) in [6, 6.07) is 27.9. The summed E-state index contributed by atoms with van der Waals surface area (Å²) in [6.07, 6.45) is 0. The summed E-state index contributed by atoms with van der Waals surface area (Å²) in [5.74, 6) is 0. The fraction of sp³-hybridized carbons (Fsp3) is 0. The van der Waals surface area contributed by atoms with Crippen LogP contribution in [0.1, 0.15) is 0 Å². The van der Waals surface area contributed by atoms with Gasteiger partial charge in [-0.1, -0.05) is 66.7 Å². The number of fused-ring (bicyclic) bond motifs is 1. The van der Waals surface area contributed by atoms with Crippen LogP contribution in [0.3, 0.4) is 0 Å². The van der Waals surface area contributed by atoms with E-state index in [-0.39, 0.29) is 0 Å². The summed E-state index contributed by atoms with van der Waals surface area (Å²) in [5.41, 5.74) is 5.14. The van der Waals surface area contributed by atoms with Crippen LogP contribution in [0.4, 0.5) is 0 Å². The van der Waals surface area contributed by atoms with E-state index in [2.05, 4.69) is 84.2 Å². The summed E-state index contributed by atoms with van der Waals surface area (Å²) in [5, 5.41) is 3.60. The molecule has 0 aliphatic heterocycles. The number of hydrogen-bond donors (Lipinski definition) is 0. The van der Waals surface area contributed by atoms with Crippen molar-refractivity contribution in [3.63, 3.8) is 0 Å². The van der Waals surface area contributed by atoms with Gasteiger partial charge in [0, 0.05) is 15.6 Å². The highest BCUT2D eigenvalue weighted by Gasteiger charge is 2.07. The Hall–Kier alpha value is -2.38. The molecule has 0 nitrogen and oxygen atoms in total. The van der Waals surface area contributed by atoms with E-state index in [0.29, 0.717) is 0 Å². The molecular formula is C20H14S. The molecule has 0 N–H and O–H groups in total. The van der Waals surface area contributed by atoms with Gasteiger partial charge in [-0.25, -0.2) is 0 Å². The monoisotopic (exact) mass is 286 g/mol. The van der Waals surface area contributed by atoms with Crippen LogP contribution in [0.5, 0.6) is 0 Å². The quantitative estimate of drug-likeness (QED) is 0.409. The second-order valence-corrected chi connectivity index (χ2v) is 6.00. The molecule has 0 bridgehead atoms. The van der Waals surface area contributed by atoms with Crippen molar-refractivity contribution in [1.29, 1.82) is 0 Å². The zero-order valence-corrected chi connectivity index (χ0v) is 12.3. The molecule has 4 aromatic rings. The summed E-state index contributed by atoms with van der Waals surface area (Å²) < 4.78 is 1.35. The lowest BCUT2D eigenvalue weighted by Crippen LogP contribution is -1.80. The van der Waals surface area contributed by atoms with Crippen molar-refractivity contribution >= 4 is 21.4 Å². The van der Waals surface area contributed by atoms with Gasteiger partial charge in [0.25, 0.3) is 0 Å². The minimum atomic E-state index is 1.26. The first-order valence-corrected chi connectivity index (χ1v) is 7.92. The highest BCUT2D eigenvalue weighted by Crippen LogP contribution is 2.35. The Balaban J connectivity index is 1.87. The van der Waals surface area contributed by atoms with E-state index in [9.17, 15) is 0 Å². The molecular weight excluding hydrogens is 272 g/mol. The van der Waals surface area contributed by atoms with E-state index < -0.39 is 0 Å². The maximum absolute atomic E-state index is 2.28. The molecule has 1 heteroatoms. The number of hydrogen-bond acceptors (Lipinski definition) is 1. The molecule has 0 radical (unpaired) electrons. The minimum Gasteiger partial charge on any atom is -0.143 e. The van der Waals surface area contributed by atoms with Gasteiger partial charge in [-0.15, -0.1) is 11.3 Å². The standard InChI is InChI=1S/C20H14S/c1-2-7-15(8-3-1)16-9-6-10-17(13-16)19-14-21-20-12-5-4-11-18(19)20/h1-14H. The normalized spacial score (nSPS) is 10.9. The summed E-state index contributed by atoms with van der Waals surface area (Å²) in [6.45, 7) is 0. The second kappa shape index (κ2) is 5.19. The Morgan fingerprint density at radius 3 is 2.19 bits per heavy atom. The van der Waals surface area contributed by atoms with Crippen molar-refractivity contribution in [3.05, 3.63) is 84.2 Å². The van der Waals surface area contributed by atoms with E-state index in [4.69, 9.17) is 0 Å². The summed E-state index contributed by atoms with van der Waals surface area (Å²) in [7, 11) is 0. The molecule has 0 atom stereocenters. The van der Waals surface area contributed by atoms with E-state index in [0.717, 1.165) is 0 Å². The molecule has 21 heavy (non-hydrogen) atoms. The largest absolute Gasteiger partial charge is 0.143 e. The first-order valence-electron chi connectivity index (χ1n) is 7.04. The van der Waals surface area contributed by atoms with Crippen molar-refractivity contribution < 1.29 is 0 Å². The van der Waals surface area contributed by atoms with Crippen molar-refractivity contribution in [2.24, 2.45) is 0 Å². The van der Waals surface area contributed by atoms with Gasteiger partial charge in [-0.05, 0) is 34.2 Å². The topological polar surface area (TPSA) is 0 Å². The Morgan fingerprint density at radius 2 is 1.29 bits per heavy atom. The van der Waals surface area contributed by atoms with E-state index in [1.54, 1.807) is 0 Å². The molecule has 0 saturated heterocycles. The third kappa shape index (κ3) is 2.26. The zero-order valence-electron chi connectivity index (χ0n) is 11.5. The predicted octanol–water partition coefficient (Wildman–Crippen LogP) is 6.24. The molecule has 1 aromatic heterocycles. The third-order valence-electron chi connectivity index (χ3n) is 3.76. The second-order valence-electron chi connectivity index (χ2n) is 5.09. The smallest absolute Gasteiger partial charge is 0.0349 e. The van der Waals surface area contributed by atoms with Crippen LogP contribution in [-0.4, -0.2) is 0 Å². The van der Waals surface area contributed by atoms with Crippen molar-refractivity contribution in [1.82, 2.24) is 0 Å². The first kappa shape index (κ1) is 12.4. The van der Waals surface area contributed by atoms with Gasteiger partial charge in [0.15, 0.2) is 0 Å². The van der Waals surface area contributed by atoms with Gasteiger partial charge in [-0.2, -0.15) is 0 Å². The lowest BCUT2D eigenvalue weighted by Gasteiger charge is -2.05. The van der Waals surface area contributed by atoms with Crippen LogP contribution in [-0.2, 0) is 0 Å². The highest BCUT2D eigenvalue weighted by atomic mass is 32.1. The Labute approximate surface area is 128 Å². The van der Waals surface area contributed by atoms with Crippen molar-refractivity contribution in [2.75, 3.05) is 0 Å². The molecule has 0 spiro atoms. The average molecular weight is 286 g/mol. The molecule has 0 amide bonds. The van der Waals surface area contributed by atoms with Gasteiger partial charge in [0.2, 0.25) is 0 Å². The molecule has 3 aromatic carbocycles. The van der Waals surface area contributed by atoms with Crippen LogP contribution < -0.4 is 0 Å². The Kier molecular flexibility index (Phi) is 3.06. The van der Waals surface area contributed by atoms with Gasteiger partial charge >= 0.3 is 0 Å². The molecule has 0 aliphatic rings. The van der Waals surface area contributed by atoms with Gasteiger partial charge < -0.3 is 0 Å². The summed E-state index contributed by atoms with van der Waals surface area (Å²) >= 11 is 1.81. The SMILES string of the molecule is c1ccc(-c2cccc(-c3csc4ccccc34)c2)cc1. The third-order valence-corrected chi connectivity index (χ3v) is 4.73. The van der Waals surface area contributed by atoms with Gasteiger partial charge in [0.1, 0.15) is 0 Å². The predicted molar refractivity (Wildman–Crippen MR) is 92.7 cm³/mol. The highest BCUT2D eigenvalue weighted by molar-refractivity contribution is 7.17. The first-order chi connectivity index (χ1) is 10.4. The maximum atomic E-state index is 2.28. The average Bonchev–Trinajstić information content (AvgIpc) is 3.00. The van der Waals surface area contributed by atoms with Gasteiger partial charge in [0.05, 0.1) is 0 Å². The van der Waals surface area contributed by atoms with Crippen LogP contribution >= 0.6 is 11.3 Å². The van der Waals surface area contributed by atoms with Crippen LogP contribution in [0.2, 0.25) is 0 Å². The minimum absolute atomic E-state index is 1.26. The number of benzene rings is 3. The molecule has 0 saturated carbocycles. The molecule has 0 fully saturated rings. The maximum Gasteiger partial charge on any atom is 0.0349 e. The van der Waals surface area contributed by atoms with Crippen molar-refractivity contribution in [2.45, 2.75) is 0 Å². The van der Waals surface area contributed by atoms with E-state index >= 15 is 0 Å². The van der Waals surface area contributed by atoms with Crippen molar-refractivity contribution in [3.8, 4) is 22.3 Å². The molecule has 100 valence electrons.